The van der Waals surface area contributed by atoms with Crippen molar-refractivity contribution in [3.05, 3.63) is 72.3 Å². The van der Waals surface area contributed by atoms with E-state index in [1.807, 2.05) is 67.6 Å². The number of aryl methyl sites for hydroxylation is 1. The molecule has 6 heteroatoms. The monoisotopic (exact) mass is 413 g/mol. The molecule has 0 atom stereocenters. The van der Waals surface area contributed by atoms with Crippen LogP contribution < -0.4 is 0 Å². The molecule has 0 radical (unpaired) electrons. The highest BCUT2D eigenvalue weighted by molar-refractivity contribution is 6.10. The van der Waals surface area contributed by atoms with Gasteiger partial charge in [0.05, 0.1) is 11.0 Å². The summed E-state index contributed by atoms with van der Waals surface area (Å²) in [5, 5.41) is 52.9. The van der Waals surface area contributed by atoms with Crippen molar-refractivity contribution < 1.29 is 25.5 Å². The third-order valence-electron chi connectivity index (χ3n) is 5.63. The van der Waals surface area contributed by atoms with Crippen molar-refractivity contribution in [2.24, 2.45) is 0 Å². The lowest BCUT2D eigenvalue weighted by atomic mass is 10.0. The molecule has 1 aromatic heterocycles. The van der Waals surface area contributed by atoms with E-state index in [9.17, 15) is 25.5 Å². The lowest BCUT2D eigenvalue weighted by Crippen LogP contribution is -1.96. The number of aromatic nitrogens is 1. The first-order chi connectivity index (χ1) is 14.9. The average Bonchev–Trinajstić information content (AvgIpc) is 3.11. The second-order valence-electron chi connectivity index (χ2n) is 7.54. The van der Waals surface area contributed by atoms with E-state index in [1.54, 1.807) is 10.6 Å². The highest BCUT2D eigenvalue weighted by Crippen LogP contribution is 2.54. The van der Waals surface area contributed by atoms with Crippen molar-refractivity contribution in [2.75, 3.05) is 0 Å². The summed E-state index contributed by atoms with van der Waals surface area (Å²) in [6.07, 6.45) is 0. The molecule has 4 aromatic carbocycles. The van der Waals surface area contributed by atoms with Crippen LogP contribution in [0.1, 0.15) is 5.56 Å². The van der Waals surface area contributed by atoms with Crippen LogP contribution in [0.25, 0.3) is 38.6 Å². The van der Waals surface area contributed by atoms with Crippen molar-refractivity contribution in [3.63, 3.8) is 0 Å². The van der Waals surface area contributed by atoms with Gasteiger partial charge in [-0.2, -0.15) is 0 Å². The van der Waals surface area contributed by atoms with Gasteiger partial charge in [0, 0.05) is 10.8 Å². The highest BCUT2D eigenvalue weighted by Gasteiger charge is 2.27. The van der Waals surface area contributed by atoms with Gasteiger partial charge in [0.1, 0.15) is 5.69 Å². The molecule has 0 spiro atoms. The fourth-order valence-corrected chi connectivity index (χ4v) is 4.02. The van der Waals surface area contributed by atoms with Gasteiger partial charge < -0.3 is 30.1 Å². The Morgan fingerprint density at radius 1 is 0.548 bits per heavy atom. The van der Waals surface area contributed by atoms with E-state index < -0.39 is 28.7 Å². The average molecular weight is 413 g/mol. The number of para-hydroxylation sites is 1. The van der Waals surface area contributed by atoms with Gasteiger partial charge in [0.25, 0.3) is 0 Å². The van der Waals surface area contributed by atoms with Gasteiger partial charge >= 0.3 is 0 Å². The first-order valence-electron chi connectivity index (χ1n) is 9.68. The Hall–Kier alpha value is -4.32. The Morgan fingerprint density at radius 2 is 1.10 bits per heavy atom. The molecule has 5 rings (SSSR count). The third-order valence-corrected chi connectivity index (χ3v) is 5.63. The fourth-order valence-electron chi connectivity index (χ4n) is 4.02. The maximum Gasteiger partial charge on any atom is 0.208 e. The number of nitrogens with zero attached hydrogens (tertiary/aromatic N) is 1. The van der Waals surface area contributed by atoms with E-state index in [4.69, 9.17) is 0 Å². The lowest BCUT2D eigenvalue weighted by molar-refractivity contribution is 0.327. The van der Waals surface area contributed by atoms with Crippen molar-refractivity contribution in [1.29, 1.82) is 0 Å². The zero-order valence-electron chi connectivity index (χ0n) is 16.5. The molecule has 0 unspecified atom stereocenters. The summed E-state index contributed by atoms with van der Waals surface area (Å²) in [7, 11) is 0. The molecule has 0 aliphatic rings. The Morgan fingerprint density at radius 3 is 1.77 bits per heavy atom. The molecule has 0 aliphatic carbocycles. The number of phenolic OH excluding ortho intramolecular Hbond substituents is 5. The quantitative estimate of drug-likeness (QED) is 0.200. The predicted octanol–water partition coefficient (Wildman–Crippen LogP) is 5.29. The molecule has 154 valence electrons. The summed E-state index contributed by atoms with van der Waals surface area (Å²) < 4.78 is 1.56. The summed E-state index contributed by atoms with van der Waals surface area (Å²) >= 11 is 0. The smallest absolute Gasteiger partial charge is 0.208 e. The molecule has 31 heavy (non-hydrogen) atoms. The minimum Gasteiger partial charge on any atom is -0.503 e. The minimum atomic E-state index is -0.986. The first-order valence-corrected chi connectivity index (χ1v) is 9.68. The molecule has 0 fully saturated rings. The Labute approximate surface area is 177 Å². The zero-order valence-corrected chi connectivity index (χ0v) is 16.5. The topological polar surface area (TPSA) is 106 Å². The Kier molecular flexibility index (Phi) is 3.98. The van der Waals surface area contributed by atoms with Gasteiger partial charge in [-0.25, -0.2) is 0 Å². The predicted molar refractivity (Wildman–Crippen MR) is 119 cm³/mol. The van der Waals surface area contributed by atoms with Crippen molar-refractivity contribution in [1.82, 2.24) is 4.57 Å². The molecular weight excluding hydrogens is 394 g/mol. The van der Waals surface area contributed by atoms with E-state index in [2.05, 4.69) is 0 Å². The normalized spacial score (nSPS) is 11.4. The maximum absolute atomic E-state index is 10.6. The summed E-state index contributed by atoms with van der Waals surface area (Å²) in [5.41, 5.74) is 4.13. The lowest BCUT2D eigenvalue weighted by Gasteiger charge is -2.15. The third kappa shape index (κ3) is 2.65. The van der Waals surface area contributed by atoms with E-state index in [-0.39, 0.29) is 5.69 Å². The zero-order chi connectivity index (χ0) is 21.9. The van der Waals surface area contributed by atoms with Gasteiger partial charge in [0.15, 0.2) is 11.5 Å². The maximum atomic E-state index is 10.6. The summed E-state index contributed by atoms with van der Waals surface area (Å²) in [6.45, 7) is 2.01. The number of phenols is 5. The van der Waals surface area contributed by atoms with Crippen LogP contribution in [0.4, 0.5) is 0 Å². The molecule has 0 amide bonds. The largest absolute Gasteiger partial charge is 0.503 e. The van der Waals surface area contributed by atoms with E-state index in [0.29, 0.717) is 11.0 Å². The standard InChI is InChI=1S/C25H19NO5/c1-13-6-8-14(9-7-13)15-10-11-17-16-4-2-3-5-18(16)26(19(17)12-15)20-21(27)23(29)25(31)24(30)22(20)28/h2-12,27-31H,1H3. The van der Waals surface area contributed by atoms with Crippen LogP contribution in [0, 0.1) is 6.92 Å². The highest BCUT2D eigenvalue weighted by atomic mass is 16.4. The number of fused-ring (bicyclic) bond motifs is 3. The van der Waals surface area contributed by atoms with E-state index >= 15 is 0 Å². The molecule has 0 saturated heterocycles. The molecule has 5 N–H and O–H groups in total. The molecular formula is C25H19NO5. The SMILES string of the molecule is Cc1ccc(-c2ccc3c4ccccc4n(-c4c(O)c(O)c(O)c(O)c4O)c3c2)cc1. The van der Waals surface area contributed by atoms with Gasteiger partial charge in [-0.15, -0.1) is 0 Å². The molecule has 0 aliphatic heterocycles. The van der Waals surface area contributed by atoms with E-state index in [1.165, 1.54) is 0 Å². The van der Waals surface area contributed by atoms with Gasteiger partial charge in [-0.3, -0.25) is 0 Å². The van der Waals surface area contributed by atoms with Gasteiger partial charge in [0.2, 0.25) is 17.2 Å². The minimum absolute atomic E-state index is 0.222. The number of aromatic hydroxyl groups is 5. The summed E-state index contributed by atoms with van der Waals surface area (Å²) in [6, 6.07) is 21.3. The number of hydrogen-bond acceptors (Lipinski definition) is 5. The summed E-state index contributed by atoms with van der Waals surface area (Å²) in [5.74, 6) is -4.29. The fraction of sp³-hybridized carbons (Fsp3) is 0.0400. The second kappa shape index (κ2) is 6.60. The van der Waals surface area contributed by atoms with Gasteiger partial charge in [-0.05, 0) is 30.2 Å². The summed E-state index contributed by atoms with van der Waals surface area (Å²) in [4.78, 5) is 0. The Balaban J connectivity index is 1.92. The van der Waals surface area contributed by atoms with Gasteiger partial charge in [-0.1, -0.05) is 60.2 Å². The van der Waals surface area contributed by atoms with Crippen molar-refractivity contribution in [2.45, 2.75) is 6.92 Å². The first kappa shape index (κ1) is 18.7. The van der Waals surface area contributed by atoms with Crippen molar-refractivity contribution >= 4 is 21.8 Å². The van der Waals surface area contributed by atoms with Crippen LogP contribution in [0.2, 0.25) is 0 Å². The second-order valence-corrected chi connectivity index (χ2v) is 7.54. The van der Waals surface area contributed by atoms with Crippen LogP contribution in [0.3, 0.4) is 0 Å². The Bertz CT molecular complexity index is 1450. The molecule has 0 bridgehead atoms. The van der Waals surface area contributed by atoms with Crippen molar-refractivity contribution in [3.8, 4) is 45.6 Å². The molecule has 6 nitrogen and oxygen atoms in total. The molecule has 0 saturated carbocycles. The van der Waals surface area contributed by atoms with Crippen LogP contribution in [0.5, 0.6) is 28.7 Å². The molecule has 1 heterocycles. The van der Waals surface area contributed by atoms with E-state index in [0.717, 1.165) is 27.5 Å². The van der Waals surface area contributed by atoms with Crippen LogP contribution in [-0.4, -0.2) is 30.1 Å². The number of hydrogen-bond donors (Lipinski definition) is 5. The van der Waals surface area contributed by atoms with Crippen LogP contribution in [-0.2, 0) is 0 Å². The number of rotatable bonds is 2. The van der Waals surface area contributed by atoms with Crippen LogP contribution >= 0.6 is 0 Å². The number of benzene rings is 4. The van der Waals surface area contributed by atoms with Crippen LogP contribution in [0.15, 0.2) is 66.7 Å². The molecule has 5 aromatic rings.